The number of thiocarbonyl (C=S) groups is 1. The normalized spacial score (nSPS) is 22.4. The number of aliphatic hydroxyl groups is 2. The van der Waals surface area contributed by atoms with Gasteiger partial charge in [-0.15, -0.1) is 0 Å². The molecule has 2 atom stereocenters. The van der Waals surface area contributed by atoms with E-state index in [-0.39, 0.29) is 16.5 Å². The van der Waals surface area contributed by atoms with Gasteiger partial charge in [-0.1, -0.05) is 6.08 Å². The smallest absolute Gasteiger partial charge is 0.394 e. The van der Waals surface area contributed by atoms with E-state index in [9.17, 15) is 22.4 Å². The van der Waals surface area contributed by atoms with Gasteiger partial charge in [0.15, 0.2) is 11.3 Å². The van der Waals surface area contributed by atoms with Crippen molar-refractivity contribution in [2.45, 2.75) is 43.9 Å². The van der Waals surface area contributed by atoms with Crippen LogP contribution in [0.15, 0.2) is 42.1 Å². The molecule has 7 nitrogen and oxygen atoms in total. The van der Waals surface area contributed by atoms with Crippen LogP contribution in [0.25, 0.3) is 0 Å². The van der Waals surface area contributed by atoms with Crippen molar-refractivity contribution in [1.29, 1.82) is 5.26 Å². The molecule has 3 rings (SSSR count). The second kappa shape index (κ2) is 9.42. The Hall–Kier alpha value is -2.85. The van der Waals surface area contributed by atoms with Gasteiger partial charge in [0, 0.05) is 5.70 Å². The van der Waals surface area contributed by atoms with Crippen LogP contribution in [0, 0.1) is 11.3 Å². The minimum absolute atomic E-state index is 0.168. The highest BCUT2D eigenvalue weighted by atomic mass is 32.1. The van der Waals surface area contributed by atoms with Gasteiger partial charge in [-0.2, -0.15) is 18.4 Å². The molecule has 34 heavy (non-hydrogen) atoms. The molecule has 1 aromatic carbocycles. The van der Waals surface area contributed by atoms with E-state index >= 15 is 0 Å². The van der Waals surface area contributed by atoms with E-state index < -0.39 is 60.3 Å². The summed E-state index contributed by atoms with van der Waals surface area (Å²) in [6.07, 6.45) is -4.70. The number of nitriles is 1. The van der Waals surface area contributed by atoms with Gasteiger partial charge in [0.05, 0.1) is 36.1 Å². The number of anilines is 1. The van der Waals surface area contributed by atoms with Crippen LogP contribution in [0.4, 0.5) is 23.2 Å². The molecule has 0 saturated carbocycles. The van der Waals surface area contributed by atoms with Crippen molar-refractivity contribution in [2.75, 3.05) is 18.1 Å². The van der Waals surface area contributed by atoms with Crippen molar-refractivity contribution < 1.29 is 37.3 Å². The average Bonchev–Trinajstić information content (AvgIpc) is 2.95. The summed E-state index contributed by atoms with van der Waals surface area (Å²) >= 11 is 5.41. The van der Waals surface area contributed by atoms with Gasteiger partial charge in [-0.25, -0.2) is 4.39 Å². The summed E-state index contributed by atoms with van der Waals surface area (Å²) in [4.78, 5) is 15.4. The van der Waals surface area contributed by atoms with Crippen molar-refractivity contribution in [3.05, 3.63) is 53.3 Å². The van der Waals surface area contributed by atoms with E-state index in [2.05, 4.69) is 0 Å². The molecule has 1 amide bonds. The average molecular weight is 499 g/mol. The molecule has 1 saturated heterocycles. The number of carbonyl (C=O) groups excluding carboxylic acids is 1. The Balaban J connectivity index is 1.95. The summed E-state index contributed by atoms with van der Waals surface area (Å²) in [6, 6.07) is 4.31. The molecule has 0 bridgehead atoms. The number of rotatable bonds is 6. The zero-order valence-corrected chi connectivity index (χ0v) is 18.9. The quantitative estimate of drug-likeness (QED) is 0.459. The monoisotopic (exact) mass is 499 g/mol. The molecule has 182 valence electrons. The lowest BCUT2D eigenvalue weighted by Gasteiger charge is -2.33. The number of hydrogen-bond donors (Lipinski definition) is 2. The van der Waals surface area contributed by atoms with E-state index in [1.807, 2.05) is 0 Å². The van der Waals surface area contributed by atoms with Crippen LogP contribution in [0.1, 0.15) is 25.0 Å². The minimum Gasteiger partial charge on any atom is -0.394 e. The maximum Gasteiger partial charge on any atom is 0.417 e. The molecule has 1 heterocycles. The first-order valence-corrected chi connectivity index (χ1v) is 10.5. The molecule has 1 aliphatic heterocycles. The molecular weight excluding hydrogens is 478 g/mol. The lowest BCUT2D eigenvalue weighted by Crippen LogP contribution is -2.44. The van der Waals surface area contributed by atoms with Gasteiger partial charge >= 0.3 is 6.18 Å². The summed E-state index contributed by atoms with van der Waals surface area (Å²) in [5.41, 5.74) is -3.16. The molecule has 0 spiro atoms. The van der Waals surface area contributed by atoms with E-state index in [0.717, 1.165) is 17.0 Å². The third kappa shape index (κ3) is 4.56. The molecule has 12 heteroatoms. The van der Waals surface area contributed by atoms with Gasteiger partial charge in [0.2, 0.25) is 0 Å². The maximum absolute atomic E-state index is 14.8. The van der Waals surface area contributed by atoms with E-state index in [1.165, 1.54) is 43.0 Å². The maximum atomic E-state index is 14.8. The fourth-order valence-electron chi connectivity index (χ4n) is 3.71. The van der Waals surface area contributed by atoms with Crippen molar-refractivity contribution in [3.8, 4) is 6.07 Å². The number of carbonyl (C=O) groups is 1. The molecule has 1 aliphatic carbocycles. The Morgan fingerprint density at radius 3 is 2.47 bits per heavy atom. The minimum atomic E-state index is -4.83. The Labute approximate surface area is 198 Å². The summed E-state index contributed by atoms with van der Waals surface area (Å²) in [7, 11) is 0. The molecule has 1 aromatic rings. The largest absolute Gasteiger partial charge is 0.417 e. The third-order valence-corrected chi connectivity index (χ3v) is 5.84. The van der Waals surface area contributed by atoms with Crippen molar-refractivity contribution in [1.82, 2.24) is 4.90 Å². The lowest BCUT2D eigenvalue weighted by molar-refractivity contribution is -0.137. The van der Waals surface area contributed by atoms with Gasteiger partial charge in [0.25, 0.3) is 5.91 Å². The number of nitrogens with zero attached hydrogens (tertiary/aromatic N) is 3. The third-order valence-electron chi connectivity index (χ3n) is 5.47. The Bertz CT molecular complexity index is 1090. The standard InChI is InChI=1S/C22H21F4N3O4S/c1-21(2)19(32)28(13-4-3-12(9-27)16(7-13)22(24,25)26)20(34)29(21)14-5-6-18(17(23)8-14)33-15(10-30)11-31/h3-8,15,17-18,30-31H,10-11H2,1-2H3. The summed E-state index contributed by atoms with van der Waals surface area (Å²) in [6.45, 7) is 1.96. The van der Waals surface area contributed by atoms with E-state index in [4.69, 9.17) is 32.4 Å². The molecular formula is C22H21F4N3O4S. The number of aliphatic hydroxyl groups excluding tert-OH is 2. The van der Waals surface area contributed by atoms with E-state index in [0.29, 0.717) is 6.07 Å². The topological polar surface area (TPSA) is 97.0 Å². The molecule has 1 fully saturated rings. The first-order chi connectivity index (χ1) is 15.9. The predicted octanol–water partition coefficient (Wildman–Crippen LogP) is 2.82. The number of ether oxygens (including phenoxy) is 1. The molecule has 2 aliphatic rings. The highest BCUT2D eigenvalue weighted by molar-refractivity contribution is 7.80. The van der Waals surface area contributed by atoms with Crippen LogP contribution in [0.2, 0.25) is 0 Å². The van der Waals surface area contributed by atoms with Crippen molar-refractivity contribution in [3.63, 3.8) is 0 Å². The fraction of sp³-hybridized carbons (Fsp3) is 0.409. The van der Waals surface area contributed by atoms with Crippen LogP contribution in [-0.2, 0) is 15.7 Å². The van der Waals surface area contributed by atoms with Crippen molar-refractivity contribution >= 4 is 28.9 Å². The zero-order chi connectivity index (χ0) is 25.4. The Kier molecular flexibility index (Phi) is 7.14. The van der Waals surface area contributed by atoms with Crippen LogP contribution in [0.5, 0.6) is 0 Å². The predicted molar refractivity (Wildman–Crippen MR) is 117 cm³/mol. The summed E-state index contributed by atoms with van der Waals surface area (Å²) in [5.74, 6) is -0.640. The summed E-state index contributed by atoms with van der Waals surface area (Å²) in [5, 5.41) is 27.1. The van der Waals surface area contributed by atoms with Gasteiger partial charge in [0.1, 0.15) is 17.7 Å². The molecule has 2 unspecified atom stereocenters. The lowest BCUT2D eigenvalue weighted by atomic mass is 10.00. The first kappa shape index (κ1) is 25.8. The number of halogens is 4. The van der Waals surface area contributed by atoms with Gasteiger partial charge in [-0.05, 0) is 56.4 Å². The zero-order valence-electron chi connectivity index (χ0n) is 18.1. The highest BCUT2D eigenvalue weighted by Gasteiger charge is 2.51. The molecule has 0 aromatic heterocycles. The second-order valence-electron chi connectivity index (χ2n) is 8.14. The number of benzene rings is 1. The van der Waals surface area contributed by atoms with Gasteiger partial charge in [-0.3, -0.25) is 9.69 Å². The van der Waals surface area contributed by atoms with E-state index in [1.54, 1.807) is 0 Å². The Morgan fingerprint density at radius 1 is 1.29 bits per heavy atom. The highest BCUT2D eigenvalue weighted by Crippen LogP contribution is 2.40. The second-order valence-corrected chi connectivity index (χ2v) is 8.51. The Morgan fingerprint density at radius 2 is 1.94 bits per heavy atom. The number of amides is 1. The number of allylic oxidation sites excluding steroid dienone is 1. The van der Waals surface area contributed by atoms with Crippen molar-refractivity contribution in [2.24, 2.45) is 0 Å². The van der Waals surface area contributed by atoms with Crippen LogP contribution >= 0.6 is 12.2 Å². The van der Waals surface area contributed by atoms with Gasteiger partial charge < -0.3 is 19.8 Å². The van der Waals surface area contributed by atoms with Crippen LogP contribution in [-0.4, -0.2) is 63.3 Å². The molecule has 2 N–H and O–H groups in total. The summed E-state index contributed by atoms with van der Waals surface area (Å²) < 4.78 is 60.4. The first-order valence-electron chi connectivity index (χ1n) is 10.1. The van der Waals surface area contributed by atoms with Crippen LogP contribution < -0.4 is 4.90 Å². The molecule has 0 radical (unpaired) electrons. The fourth-order valence-corrected chi connectivity index (χ4v) is 4.23. The van der Waals surface area contributed by atoms with Crippen LogP contribution in [0.3, 0.4) is 0 Å². The number of hydrogen-bond acceptors (Lipinski definition) is 6. The number of alkyl halides is 4. The SMILES string of the molecule is CC1(C)C(=O)N(c2ccc(C#N)c(C(F)(F)F)c2)C(=S)N1C1=CC(F)C(OC(CO)CO)C=C1.